The number of ether oxygens (including phenoxy) is 1. The number of benzene rings is 2. The number of aromatic nitrogens is 1. The van der Waals surface area contributed by atoms with Gasteiger partial charge in [0.2, 0.25) is 0 Å². The van der Waals surface area contributed by atoms with Gasteiger partial charge >= 0.3 is 0 Å². The van der Waals surface area contributed by atoms with E-state index in [4.69, 9.17) is 4.74 Å². The quantitative estimate of drug-likeness (QED) is 0.674. The third-order valence-corrected chi connectivity index (χ3v) is 3.53. The maximum atomic E-state index is 10.7. The first-order valence-corrected chi connectivity index (χ1v) is 6.96. The number of nitrogens with zero attached hydrogens (tertiary/aromatic N) is 1. The lowest BCUT2D eigenvalue weighted by molar-refractivity contribution is 0.112. The van der Waals surface area contributed by atoms with Gasteiger partial charge in [-0.15, -0.1) is 0 Å². The zero-order valence-corrected chi connectivity index (χ0v) is 12.2. The second-order valence-corrected chi connectivity index (χ2v) is 4.90. The van der Waals surface area contributed by atoms with Crippen molar-refractivity contribution in [1.29, 1.82) is 0 Å². The Kier molecular flexibility index (Phi) is 3.97. The average Bonchev–Trinajstić information content (AvgIpc) is 2.62. The van der Waals surface area contributed by atoms with Gasteiger partial charge in [-0.25, -0.2) is 0 Å². The van der Waals surface area contributed by atoms with Gasteiger partial charge in [0, 0.05) is 22.9 Å². The van der Waals surface area contributed by atoms with Crippen molar-refractivity contribution >= 4 is 6.29 Å². The summed E-state index contributed by atoms with van der Waals surface area (Å²) in [5.74, 6) is 0.837. The van der Waals surface area contributed by atoms with Crippen molar-refractivity contribution in [3.05, 3.63) is 72.4 Å². The number of carbonyl (C=O) groups is 1. The molecule has 3 nitrogen and oxygen atoms in total. The second-order valence-electron chi connectivity index (χ2n) is 4.90. The first-order chi connectivity index (χ1) is 10.8. The molecule has 0 bridgehead atoms. The summed E-state index contributed by atoms with van der Waals surface area (Å²) in [6.07, 6.45) is 2.69. The van der Waals surface area contributed by atoms with Gasteiger partial charge in [-0.1, -0.05) is 42.5 Å². The van der Waals surface area contributed by atoms with Crippen molar-refractivity contribution in [2.24, 2.45) is 0 Å². The van der Waals surface area contributed by atoms with E-state index in [0.717, 1.165) is 34.4 Å². The summed E-state index contributed by atoms with van der Waals surface area (Å²) >= 11 is 0. The molecule has 2 aromatic carbocycles. The molecule has 108 valence electrons. The lowest BCUT2D eigenvalue weighted by Crippen LogP contribution is -1.87. The van der Waals surface area contributed by atoms with E-state index >= 15 is 0 Å². The zero-order valence-electron chi connectivity index (χ0n) is 12.2. The molecule has 3 heteroatoms. The van der Waals surface area contributed by atoms with Gasteiger partial charge < -0.3 is 4.74 Å². The molecule has 0 fully saturated rings. The largest absolute Gasteiger partial charge is 0.497 e. The summed E-state index contributed by atoms with van der Waals surface area (Å²) in [5, 5.41) is 0. The van der Waals surface area contributed by atoms with E-state index in [-0.39, 0.29) is 0 Å². The number of pyridine rings is 1. The summed E-state index contributed by atoms with van der Waals surface area (Å²) in [4.78, 5) is 15.2. The van der Waals surface area contributed by atoms with Crippen LogP contribution in [0.15, 0.2) is 66.9 Å². The van der Waals surface area contributed by atoms with Gasteiger partial charge in [-0.2, -0.15) is 0 Å². The van der Waals surface area contributed by atoms with E-state index in [2.05, 4.69) is 4.98 Å². The first kappa shape index (κ1) is 14.0. The van der Waals surface area contributed by atoms with E-state index < -0.39 is 0 Å². The molecule has 1 aromatic heterocycles. The fourth-order valence-electron chi connectivity index (χ4n) is 2.25. The predicted octanol–water partition coefficient (Wildman–Crippen LogP) is 4.24. The van der Waals surface area contributed by atoms with Gasteiger partial charge in [-0.3, -0.25) is 9.78 Å². The van der Waals surface area contributed by atoms with Crippen molar-refractivity contribution < 1.29 is 9.53 Å². The van der Waals surface area contributed by atoms with E-state index in [9.17, 15) is 4.79 Å². The molecular formula is C19H15NO2. The summed E-state index contributed by atoms with van der Waals surface area (Å²) in [5.41, 5.74) is 4.69. The van der Waals surface area contributed by atoms with Crippen LogP contribution in [0, 0.1) is 0 Å². The zero-order chi connectivity index (χ0) is 15.4. The molecule has 0 aliphatic rings. The number of carbonyl (C=O) groups excluding carboxylic acids is 1. The molecule has 0 N–H and O–H groups in total. The molecule has 0 radical (unpaired) electrons. The highest BCUT2D eigenvalue weighted by molar-refractivity contribution is 5.76. The molecule has 0 unspecified atom stereocenters. The Labute approximate surface area is 129 Å². The lowest BCUT2D eigenvalue weighted by atomic mass is 10.1. The Morgan fingerprint density at radius 2 is 1.45 bits per heavy atom. The van der Waals surface area contributed by atoms with Crippen LogP contribution in [0.2, 0.25) is 0 Å². The first-order valence-electron chi connectivity index (χ1n) is 6.96. The number of aldehydes is 1. The molecule has 0 saturated heterocycles. The van der Waals surface area contributed by atoms with E-state index in [0.29, 0.717) is 5.56 Å². The van der Waals surface area contributed by atoms with Gasteiger partial charge in [0.15, 0.2) is 0 Å². The number of rotatable bonds is 4. The van der Waals surface area contributed by atoms with Crippen molar-refractivity contribution in [1.82, 2.24) is 4.98 Å². The number of hydrogen-bond donors (Lipinski definition) is 0. The van der Waals surface area contributed by atoms with Crippen LogP contribution in [0.5, 0.6) is 5.75 Å². The summed E-state index contributed by atoms with van der Waals surface area (Å²) in [7, 11) is 1.65. The van der Waals surface area contributed by atoms with Crippen LogP contribution in [0.3, 0.4) is 0 Å². The SMILES string of the molecule is COc1ccc(-c2ccc(-c3ccc(C=O)cc3)nc2)cc1. The van der Waals surface area contributed by atoms with E-state index in [1.54, 1.807) is 19.2 Å². The van der Waals surface area contributed by atoms with Crippen LogP contribution in [0.1, 0.15) is 10.4 Å². The molecule has 3 rings (SSSR count). The van der Waals surface area contributed by atoms with Crippen LogP contribution in [0.25, 0.3) is 22.4 Å². The Bertz CT molecular complexity index is 760. The molecule has 0 spiro atoms. The molecule has 3 aromatic rings. The number of methoxy groups -OCH3 is 1. The van der Waals surface area contributed by atoms with Crippen LogP contribution >= 0.6 is 0 Å². The van der Waals surface area contributed by atoms with Crippen molar-refractivity contribution in [3.63, 3.8) is 0 Å². The number of hydrogen-bond acceptors (Lipinski definition) is 3. The molecule has 0 aliphatic carbocycles. The van der Waals surface area contributed by atoms with Crippen LogP contribution < -0.4 is 4.74 Å². The molecule has 0 amide bonds. The minimum Gasteiger partial charge on any atom is -0.497 e. The fraction of sp³-hybridized carbons (Fsp3) is 0.0526. The van der Waals surface area contributed by atoms with Gasteiger partial charge in [0.25, 0.3) is 0 Å². The Morgan fingerprint density at radius 3 is 2.00 bits per heavy atom. The molecule has 22 heavy (non-hydrogen) atoms. The molecule has 0 saturated carbocycles. The molecule has 1 heterocycles. The average molecular weight is 289 g/mol. The van der Waals surface area contributed by atoms with Crippen LogP contribution in [-0.2, 0) is 0 Å². The summed E-state index contributed by atoms with van der Waals surface area (Å²) < 4.78 is 5.16. The third-order valence-electron chi connectivity index (χ3n) is 3.53. The monoisotopic (exact) mass is 289 g/mol. The van der Waals surface area contributed by atoms with Crippen molar-refractivity contribution in [3.8, 4) is 28.1 Å². The summed E-state index contributed by atoms with van der Waals surface area (Å²) in [6.45, 7) is 0. The normalized spacial score (nSPS) is 10.2. The molecular weight excluding hydrogens is 274 g/mol. The fourth-order valence-corrected chi connectivity index (χ4v) is 2.25. The van der Waals surface area contributed by atoms with E-state index in [1.165, 1.54) is 0 Å². The minimum atomic E-state index is 0.665. The highest BCUT2D eigenvalue weighted by Crippen LogP contribution is 2.24. The summed E-state index contributed by atoms with van der Waals surface area (Å²) in [6, 6.07) is 19.3. The third kappa shape index (κ3) is 2.88. The topological polar surface area (TPSA) is 39.2 Å². The lowest BCUT2D eigenvalue weighted by Gasteiger charge is -2.05. The van der Waals surface area contributed by atoms with Gasteiger partial charge in [0.05, 0.1) is 12.8 Å². The minimum absolute atomic E-state index is 0.665. The molecule has 0 aliphatic heterocycles. The standard InChI is InChI=1S/C19H15NO2/c1-22-18-9-6-15(7-10-18)17-8-11-19(20-12-17)16-4-2-14(13-21)3-5-16/h2-13H,1H3. The maximum absolute atomic E-state index is 10.7. The highest BCUT2D eigenvalue weighted by Gasteiger charge is 2.02. The Hall–Kier alpha value is -2.94. The van der Waals surface area contributed by atoms with Crippen LogP contribution in [-0.4, -0.2) is 18.4 Å². The molecule has 0 atom stereocenters. The van der Waals surface area contributed by atoms with E-state index in [1.807, 2.05) is 54.7 Å². The van der Waals surface area contributed by atoms with Gasteiger partial charge in [0.1, 0.15) is 12.0 Å². The van der Waals surface area contributed by atoms with Crippen molar-refractivity contribution in [2.45, 2.75) is 0 Å². The highest BCUT2D eigenvalue weighted by atomic mass is 16.5. The van der Waals surface area contributed by atoms with Crippen LogP contribution in [0.4, 0.5) is 0 Å². The van der Waals surface area contributed by atoms with Gasteiger partial charge in [-0.05, 0) is 23.8 Å². The second kappa shape index (κ2) is 6.22. The van der Waals surface area contributed by atoms with Crippen molar-refractivity contribution in [2.75, 3.05) is 7.11 Å². The Balaban J connectivity index is 1.86. The smallest absolute Gasteiger partial charge is 0.150 e. The predicted molar refractivity (Wildman–Crippen MR) is 87.0 cm³/mol. The Morgan fingerprint density at radius 1 is 0.818 bits per heavy atom. The maximum Gasteiger partial charge on any atom is 0.150 e.